The molecule has 2 aliphatic heterocycles. The minimum atomic E-state index is -1.32. The summed E-state index contributed by atoms with van der Waals surface area (Å²) in [6.07, 6.45) is 3.82. The molecule has 0 bridgehead atoms. The maximum atomic E-state index is 15.5. The van der Waals surface area contributed by atoms with Crippen LogP contribution in [-0.2, 0) is 22.4 Å². The van der Waals surface area contributed by atoms with E-state index in [0.29, 0.717) is 56.4 Å². The molecule has 10 heteroatoms. The van der Waals surface area contributed by atoms with Gasteiger partial charge in [0.15, 0.2) is 0 Å². The van der Waals surface area contributed by atoms with Gasteiger partial charge in [0.05, 0.1) is 11.2 Å². The number of pyridine rings is 1. The SMILES string of the molecule is C[C@H]1CCc2c(N3CCC(OC(=O)C(N)Cc4ccccc4)CC3)c(F)cc3c(=O)c(C(=O)O)cn1c23.[Cl-]. The fourth-order valence-corrected chi connectivity index (χ4v) is 5.53. The van der Waals surface area contributed by atoms with Gasteiger partial charge in [0.25, 0.3) is 0 Å². The molecule has 202 valence electrons. The van der Waals surface area contributed by atoms with E-state index in [0.717, 1.165) is 11.1 Å². The van der Waals surface area contributed by atoms with Crippen LogP contribution in [0.5, 0.6) is 0 Å². The van der Waals surface area contributed by atoms with Gasteiger partial charge in [-0.3, -0.25) is 9.59 Å². The van der Waals surface area contributed by atoms with Crippen LogP contribution in [-0.4, -0.2) is 46.8 Å². The normalized spacial score (nSPS) is 18.1. The fraction of sp³-hybridized carbons (Fsp3) is 0.393. The van der Waals surface area contributed by atoms with Crippen molar-refractivity contribution in [1.82, 2.24) is 4.57 Å². The van der Waals surface area contributed by atoms with Gasteiger partial charge in [0.1, 0.15) is 23.5 Å². The van der Waals surface area contributed by atoms with Crippen LogP contribution >= 0.6 is 0 Å². The zero-order chi connectivity index (χ0) is 26.3. The first kappa shape index (κ1) is 27.6. The molecule has 38 heavy (non-hydrogen) atoms. The number of hydrogen-bond acceptors (Lipinski definition) is 6. The standard InChI is InChI=1S/C28H30FN3O5.ClH/c1-16-7-8-19-24-20(26(33)21(27(34)35)15-32(16)24)14-22(29)25(19)31-11-9-18(10-12-31)37-28(36)23(30)13-17-5-3-2-4-6-17;/h2-6,14-16,18,23H,7-13,30H2,1H3,(H,34,35);1H/p-1/t16-,23?;/m0./s1. The number of anilines is 1. The summed E-state index contributed by atoms with van der Waals surface area (Å²) in [4.78, 5) is 39.0. The third-order valence-electron chi connectivity index (χ3n) is 7.50. The highest BCUT2D eigenvalue weighted by Gasteiger charge is 2.31. The van der Waals surface area contributed by atoms with Gasteiger partial charge in [-0.1, -0.05) is 30.3 Å². The summed E-state index contributed by atoms with van der Waals surface area (Å²) >= 11 is 0. The third kappa shape index (κ3) is 5.13. The van der Waals surface area contributed by atoms with Gasteiger partial charge in [-0.2, -0.15) is 0 Å². The summed E-state index contributed by atoms with van der Waals surface area (Å²) < 4.78 is 23.0. The van der Waals surface area contributed by atoms with Gasteiger partial charge >= 0.3 is 11.9 Å². The molecule has 8 nitrogen and oxygen atoms in total. The first-order valence-electron chi connectivity index (χ1n) is 12.6. The number of aromatic carboxylic acids is 1. The fourth-order valence-electron chi connectivity index (χ4n) is 5.53. The molecule has 1 aromatic heterocycles. The van der Waals surface area contributed by atoms with E-state index in [9.17, 15) is 19.5 Å². The Labute approximate surface area is 225 Å². The molecular formula is C28H30ClFN3O5-. The number of esters is 1. The second-order valence-electron chi connectivity index (χ2n) is 9.97. The van der Waals surface area contributed by atoms with E-state index in [1.54, 1.807) is 4.57 Å². The number of carboxylic acid groups (broad SMARTS) is 1. The van der Waals surface area contributed by atoms with Gasteiger partial charge in [0.2, 0.25) is 5.43 Å². The highest BCUT2D eigenvalue weighted by Crippen LogP contribution is 2.39. The number of aromatic nitrogens is 1. The number of rotatable bonds is 6. The van der Waals surface area contributed by atoms with Crippen LogP contribution in [0.2, 0.25) is 0 Å². The number of nitrogens with two attached hydrogens (primary N) is 1. The average Bonchev–Trinajstić information content (AvgIpc) is 2.88. The molecule has 2 atom stereocenters. The van der Waals surface area contributed by atoms with Gasteiger partial charge in [-0.15, -0.1) is 0 Å². The minimum Gasteiger partial charge on any atom is -1.00 e. The maximum absolute atomic E-state index is 15.5. The van der Waals surface area contributed by atoms with Crippen molar-refractivity contribution in [3.8, 4) is 0 Å². The second kappa shape index (κ2) is 11.1. The first-order chi connectivity index (χ1) is 17.7. The lowest BCUT2D eigenvalue weighted by Crippen LogP contribution is -3.00. The van der Waals surface area contributed by atoms with Crippen LogP contribution in [0.3, 0.4) is 0 Å². The monoisotopic (exact) mass is 542 g/mol. The smallest absolute Gasteiger partial charge is 0.341 e. The Bertz CT molecular complexity index is 1420. The Morgan fingerprint density at radius 3 is 2.53 bits per heavy atom. The van der Waals surface area contributed by atoms with Crippen molar-refractivity contribution in [2.24, 2.45) is 5.73 Å². The number of nitrogens with zero attached hydrogens (tertiary/aromatic N) is 2. The summed E-state index contributed by atoms with van der Waals surface area (Å²) in [5.74, 6) is -2.30. The Hall–Kier alpha value is -3.43. The van der Waals surface area contributed by atoms with Crippen molar-refractivity contribution in [3.05, 3.63) is 75.3 Å². The number of carbonyl (C=O) groups is 2. The third-order valence-corrected chi connectivity index (χ3v) is 7.50. The molecule has 1 saturated heterocycles. The van der Waals surface area contributed by atoms with E-state index in [1.807, 2.05) is 42.2 Å². The lowest BCUT2D eigenvalue weighted by Gasteiger charge is -2.37. The van der Waals surface area contributed by atoms with Crippen molar-refractivity contribution in [3.63, 3.8) is 0 Å². The van der Waals surface area contributed by atoms with Crippen molar-refractivity contribution >= 4 is 28.5 Å². The van der Waals surface area contributed by atoms with Gasteiger partial charge in [-0.05, 0) is 37.8 Å². The summed E-state index contributed by atoms with van der Waals surface area (Å²) in [5.41, 5.74) is 7.78. The maximum Gasteiger partial charge on any atom is 0.341 e. The first-order valence-corrected chi connectivity index (χ1v) is 12.6. The van der Waals surface area contributed by atoms with Crippen LogP contribution in [0.25, 0.3) is 10.9 Å². The number of aryl methyl sites for hydroxylation is 1. The molecule has 0 saturated carbocycles. The highest BCUT2D eigenvalue weighted by molar-refractivity contribution is 5.95. The molecule has 3 heterocycles. The van der Waals surface area contributed by atoms with Crippen LogP contribution in [0.1, 0.15) is 53.7 Å². The Balaban J connectivity index is 0.00000336. The minimum absolute atomic E-state index is 0. The molecule has 0 amide bonds. The number of carboxylic acids is 1. The van der Waals surface area contributed by atoms with Crippen LogP contribution in [0, 0.1) is 5.82 Å². The van der Waals surface area contributed by atoms with Crippen molar-refractivity contribution < 1.29 is 36.2 Å². The molecule has 0 aliphatic carbocycles. The van der Waals surface area contributed by atoms with Crippen LogP contribution in [0.15, 0.2) is 47.4 Å². The summed E-state index contributed by atoms with van der Waals surface area (Å²) in [5, 5.41) is 9.58. The van der Waals surface area contributed by atoms with Gasteiger partial charge in [-0.25, -0.2) is 9.18 Å². The number of piperidine rings is 1. The molecule has 1 unspecified atom stereocenters. The number of carbonyl (C=O) groups excluding carboxylic acids is 1. The second-order valence-corrected chi connectivity index (χ2v) is 9.97. The lowest BCUT2D eigenvalue weighted by atomic mass is 9.93. The molecule has 0 radical (unpaired) electrons. The van der Waals surface area contributed by atoms with E-state index in [1.165, 1.54) is 12.3 Å². The van der Waals surface area contributed by atoms with E-state index in [2.05, 4.69) is 0 Å². The van der Waals surface area contributed by atoms with Crippen LogP contribution in [0.4, 0.5) is 10.1 Å². The molecule has 3 aromatic rings. The molecule has 1 fully saturated rings. The Kier molecular flexibility index (Phi) is 8.08. The molecule has 0 spiro atoms. The predicted molar refractivity (Wildman–Crippen MR) is 138 cm³/mol. The van der Waals surface area contributed by atoms with E-state index in [4.69, 9.17) is 10.5 Å². The number of ether oxygens (including phenoxy) is 1. The lowest BCUT2D eigenvalue weighted by molar-refractivity contribution is -0.151. The molecule has 2 aliphatic rings. The van der Waals surface area contributed by atoms with Crippen molar-refractivity contribution in [2.45, 2.75) is 57.2 Å². The molecule has 3 N–H and O–H groups in total. The molecular weight excluding hydrogens is 513 g/mol. The quantitative estimate of drug-likeness (QED) is 0.434. The molecule has 2 aromatic carbocycles. The van der Waals surface area contributed by atoms with E-state index >= 15 is 4.39 Å². The summed E-state index contributed by atoms with van der Waals surface area (Å²) in [6, 6.07) is 9.93. The van der Waals surface area contributed by atoms with Gasteiger partial charge < -0.3 is 37.5 Å². The molecule has 5 rings (SSSR count). The summed E-state index contributed by atoms with van der Waals surface area (Å²) in [7, 11) is 0. The van der Waals surface area contributed by atoms with Gasteiger partial charge in [0, 0.05) is 49.1 Å². The largest absolute Gasteiger partial charge is 1.00 e. The zero-order valence-electron chi connectivity index (χ0n) is 21.0. The van der Waals surface area contributed by atoms with E-state index in [-0.39, 0.29) is 35.5 Å². The highest BCUT2D eigenvalue weighted by atomic mass is 35.5. The number of benzene rings is 2. The number of halogens is 2. The van der Waals surface area contributed by atoms with E-state index < -0.39 is 29.2 Å². The average molecular weight is 543 g/mol. The van der Waals surface area contributed by atoms with Crippen LogP contribution < -0.4 is 28.5 Å². The van der Waals surface area contributed by atoms with Crippen molar-refractivity contribution in [2.75, 3.05) is 18.0 Å². The number of hydrogen-bond donors (Lipinski definition) is 2. The Morgan fingerprint density at radius 1 is 1.18 bits per heavy atom. The Morgan fingerprint density at radius 2 is 1.87 bits per heavy atom. The summed E-state index contributed by atoms with van der Waals surface area (Å²) in [6.45, 7) is 2.92. The zero-order valence-corrected chi connectivity index (χ0v) is 21.8. The predicted octanol–water partition coefficient (Wildman–Crippen LogP) is 0.432. The van der Waals surface area contributed by atoms with Crippen molar-refractivity contribution in [1.29, 1.82) is 0 Å². The topological polar surface area (TPSA) is 115 Å².